The number of anilines is 1. The van der Waals surface area contributed by atoms with Gasteiger partial charge in [-0.1, -0.05) is 0 Å². The molecule has 1 aliphatic rings. The van der Waals surface area contributed by atoms with Gasteiger partial charge in [0.25, 0.3) is 5.69 Å². The second kappa shape index (κ2) is 5.59. The SMILES string of the molecule is O=C(O)C1CCN(c2ccc3cc([N+](=O)[O-])ccc3n2)CC1. The first-order valence-corrected chi connectivity index (χ1v) is 7.07. The Labute approximate surface area is 126 Å². The van der Waals surface area contributed by atoms with Crippen LogP contribution in [0, 0.1) is 16.0 Å². The van der Waals surface area contributed by atoms with E-state index >= 15 is 0 Å². The van der Waals surface area contributed by atoms with Crippen molar-refractivity contribution in [2.24, 2.45) is 5.92 Å². The summed E-state index contributed by atoms with van der Waals surface area (Å²) in [6, 6.07) is 8.22. The van der Waals surface area contributed by atoms with Gasteiger partial charge in [-0.05, 0) is 31.0 Å². The van der Waals surface area contributed by atoms with Crippen LogP contribution in [0.2, 0.25) is 0 Å². The van der Waals surface area contributed by atoms with Crippen molar-refractivity contribution in [1.29, 1.82) is 0 Å². The van der Waals surface area contributed by atoms with E-state index in [0.29, 0.717) is 31.4 Å². The zero-order chi connectivity index (χ0) is 15.7. The maximum atomic E-state index is 11.0. The first-order chi connectivity index (χ1) is 10.5. The molecule has 2 aromatic rings. The standard InChI is InChI=1S/C15H15N3O4/c19-15(20)10-5-7-17(8-6-10)14-4-1-11-9-12(18(21)22)2-3-13(11)16-14/h1-4,9-10H,5-8H2,(H,19,20). The highest BCUT2D eigenvalue weighted by Crippen LogP contribution is 2.25. The molecule has 1 aliphatic heterocycles. The predicted molar refractivity (Wildman–Crippen MR) is 81.0 cm³/mol. The summed E-state index contributed by atoms with van der Waals surface area (Å²) in [5.74, 6) is -0.233. The Balaban J connectivity index is 1.82. The summed E-state index contributed by atoms with van der Waals surface area (Å²) in [7, 11) is 0. The number of aliphatic carboxylic acids is 1. The Kier molecular flexibility index (Phi) is 3.62. The number of hydrogen-bond acceptors (Lipinski definition) is 5. The van der Waals surface area contributed by atoms with Gasteiger partial charge in [-0.3, -0.25) is 14.9 Å². The zero-order valence-corrected chi connectivity index (χ0v) is 11.8. The van der Waals surface area contributed by atoms with E-state index in [4.69, 9.17) is 5.11 Å². The second-order valence-electron chi connectivity index (χ2n) is 5.40. The second-order valence-corrected chi connectivity index (χ2v) is 5.40. The van der Waals surface area contributed by atoms with Crippen LogP contribution in [0.5, 0.6) is 0 Å². The van der Waals surface area contributed by atoms with Gasteiger partial charge in [0.1, 0.15) is 5.82 Å². The first-order valence-electron chi connectivity index (χ1n) is 7.07. The fraction of sp³-hybridized carbons (Fsp3) is 0.333. The van der Waals surface area contributed by atoms with Crippen LogP contribution in [-0.2, 0) is 4.79 Å². The number of nitrogens with zero attached hydrogens (tertiary/aromatic N) is 3. The Morgan fingerprint density at radius 3 is 2.64 bits per heavy atom. The average Bonchev–Trinajstić information content (AvgIpc) is 2.54. The van der Waals surface area contributed by atoms with Gasteiger partial charge in [-0.25, -0.2) is 4.98 Å². The smallest absolute Gasteiger partial charge is 0.306 e. The molecule has 1 fully saturated rings. The van der Waals surface area contributed by atoms with Crippen molar-refractivity contribution in [3.63, 3.8) is 0 Å². The van der Waals surface area contributed by atoms with Gasteiger partial charge in [-0.15, -0.1) is 0 Å². The van der Waals surface area contributed by atoms with Gasteiger partial charge in [0, 0.05) is 30.6 Å². The minimum atomic E-state index is -0.738. The van der Waals surface area contributed by atoms with Crippen LogP contribution in [-0.4, -0.2) is 34.1 Å². The van der Waals surface area contributed by atoms with Crippen molar-refractivity contribution in [3.8, 4) is 0 Å². The van der Waals surface area contributed by atoms with E-state index in [2.05, 4.69) is 9.88 Å². The molecule has 22 heavy (non-hydrogen) atoms. The Morgan fingerprint density at radius 1 is 1.27 bits per heavy atom. The fourth-order valence-corrected chi connectivity index (χ4v) is 2.75. The molecular formula is C15H15N3O4. The lowest BCUT2D eigenvalue weighted by molar-refractivity contribution is -0.384. The number of nitro benzene ring substituents is 1. The molecule has 1 saturated heterocycles. The molecule has 1 aromatic carbocycles. The lowest BCUT2D eigenvalue weighted by Crippen LogP contribution is -2.36. The van der Waals surface area contributed by atoms with Gasteiger partial charge < -0.3 is 10.0 Å². The molecular weight excluding hydrogens is 286 g/mol. The lowest BCUT2D eigenvalue weighted by atomic mass is 9.97. The van der Waals surface area contributed by atoms with E-state index in [1.54, 1.807) is 6.07 Å². The van der Waals surface area contributed by atoms with E-state index in [1.165, 1.54) is 12.1 Å². The van der Waals surface area contributed by atoms with Crippen LogP contribution in [0.1, 0.15) is 12.8 Å². The van der Waals surface area contributed by atoms with E-state index in [9.17, 15) is 14.9 Å². The number of non-ortho nitro benzene ring substituents is 1. The molecule has 0 amide bonds. The van der Waals surface area contributed by atoms with Crippen molar-refractivity contribution >= 4 is 28.4 Å². The molecule has 0 unspecified atom stereocenters. The van der Waals surface area contributed by atoms with Crippen LogP contribution < -0.4 is 4.90 Å². The predicted octanol–water partition coefficient (Wildman–Crippen LogP) is 2.44. The summed E-state index contributed by atoms with van der Waals surface area (Å²) in [5, 5.41) is 20.5. The summed E-state index contributed by atoms with van der Waals surface area (Å²) in [4.78, 5) is 27.9. The van der Waals surface area contributed by atoms with E-state index in [1.807, 2.05) is 12.1 Å². The number of pyridine rings is 1. The molecule has 0 atom stereocenters. The molecule has 0 spiro atoms. The number of piperidine rings is 1. The minimum Gasteiger partial charge on any atom is -0.481 e. The van der Waals surface area contributed by atoms with Crippen LogP contribution in [0.4, 0.5) is 11.5 Å². The third kappa shape index (κ3) is 2.69. The topological polar surface area (TPSA) is 96.6 Å². The molecule has 7 nitrogen and oxygen atoms in total. The molecule has 0 bridgehead atoms. The number of nitro groups is 1. The summed E-state index contributed by atoms with van der Waals surface area (Å²) >= 11 is 0. The van der Waals surface area contributed by atoms with E-state index in [-0.39, 0.29) is 11.6 Å². The van der Waals surface area contributed by atoms with Gasteiger partial charge in [-0.2, -0.15) is 0 Å². The van der Waals surface area contributed by atoms with Gasteiger partial charge in [0.15, 0.2) is 0 Å². The highest BCUT2D eigenvalue weighted by atomic mass is 16.6. The number of fused-ring (bicyclic) bond motifs is 1. The molecule has 0 aliphatic carbocycles. The van der Waals surface area contributed by atoms with Gasteiger partial charge in [0.05, 0.1) is 16.4 Å². The number of carboxylic acids is 1. The highest BCUT2D eigenvalue weighted by molar-refractivity contribution is 5.82. The largest absolute Gasteiger partial charge is 0.481 e. The minimum absolute atomic E-state index is 0.0457. The quantitative estimate of drug-likeness (QED) is 0.691. The normalized spacial score (nSPS) is 15.9. The molecule has 1 N–H and O–H groups in total. The molecule has 2 heterocycles. The molecule has 3 rings (SSSR count). The number of rotatable bonds is 3. The number of hydrogen-bond donors (Lipinski definition) is 1. The van der Waals surface area contributed by atoms with Crippen LogP contribution in [0.25, 0.3) is 10.9 Å². The molecule has 7 heteroatoms. The van der Waals surface area contributed by atoms with E-state index < -0.39 is 10.9 Å². The lowest BCUT2D eigenvalue weighted by Gasteiger charge is -2.31. The van der Waals surface area contributed by atoms with Crippen LogP contribution in [0.3, 0.4) is 0 Å². The zero-order valence-electron chi connectivity index (χ0n) is 11.8. The first kappa shape index (κ1) is 14.2. The summed E-state index contributed by atoms with van der Waals surface area (Å²) in [6.45, 7) is 1.31. The van der Waals surface area contributed by atoms with Gasteiger partial charge >= 0.3 is 5.97 Å². The summed E-state index contributed by atoms with van der Waals surface area (Å²) in [6.07, 6.45) is 1.21. The summed E-state index contributed by atoms with van der Waals surface area (Å²) in [5.41, 5.74) is 0.743. The number of carboxylic acid groups (broad SMARTS) is 1. The fourth-order valence-electron chi connectivity index (χ4n) is 2.75. The highest BCUT2D eigenvalue weighted by Gasteiger charge is 2.25. The Bertz CT molecular complexity index is 739. The maximum absolute atomic E-state index is 11.0. The van der Waals surface area contributed by atoms with Crippen molar-refractivity contribution < 1.29 is 14.8 Å². The van der Waals surface area contributed by atoms with Crippen molar-refractivity contribution in [2.45, 2.75) is 12.8 Å². The van der Waals surface area contributed by atoms with Crippen molar-refractivity contribution in [1.82, 2.24) is 4.98 Å². The Hall–Kier alpha value is -2.70. The molecule has 114 valence electrons. The third-order valence-corrected chi connectivity index (χ3v) is 4.04. The van der Waals surface area contributed by atoms with Crippen molar-refractivity contribution in [3.05, 3.63) is 40.4 Å². The van der Waals surface area contributed by atoms with E-state index in [0.717, 1.165) is 11.2 Å². The van der Waals surface area contributed by atoms with Gasteiger partial charge in [0.2, 0.25) is 0 Å². The number of benzene rings is 1. The van der Waals surface area contributed by atoms with Crippen molar-refractivity contribution in [2.75, 3.05) is 18.0 Å². The van der Waals surface area contributed by atoms with Crippen LogP contribution in [0.15, 0.2) is 30.3 Å². The Morgan fingerprint density at radius 2 is 2.00 bits per heavy atom. The molecule has 0 radical (unpaired) electrons. The number of carbonyl (C=O) groups is 1. The number of aromatic nitrogens is 1. The average molecular weight is 301 g/mol. The molecule has 0 saturated carbocycles. The third-order valence-electron chi connectivity index (χ3n) is 4.04. The molecule has 1 aromatic heterocycles. The monoisotopic (exact) mass is 301 g/mol. The van der Waals surface area contributed by atoms with Crippen LogP contribution >= 0.6 is 0 Å². The maximum Gasteiger partial charge on any atom is 0.306 e. The summed E-state index contributed by atoms with van der Waals surface area (Å²) < 4.78 is 0.